The van der Waals surface area contributed by atoms with Crippen LogP contribution in [0.1, 0.15) is 12.0 Å². The van der Waals surface area contributed by atoms with Crippen LogP contribution in [0.3, 0.4) is 0 Å². The molecule has 0 spiro atoms. The Hall–Kier alpha value is -1.26. The largest absolute Gasteiger partial charge is 0.495 e. The van der Waals surface area contributed by atoms with Crippen LogP contribution in [0.2, 0.25) is 5.02 Å². The van der Waals surface area contributed by atoms with Crippen molar-refractivity contribution in [2.75, 3.05) is 13.7 Å². The zero-order chi connectivity index (χ0) is 12.0. The van der Waals surface area contributed by atoms with Crippen LogP contribution >= 0.6 is 11.6 Å². The fourth-order valence-electron chi connectivity index (χ4n) is 1.15. The van der Waals surface area contributed by atoms with Gasteiger partial charge in [0.1, 0.15) is 12.4 Å². The Morgan fingerprint density at radius 3 is 2.81 bits per heavy atom. The molecule has 0 aliphatic heterocycles. The Kier molecular flexibility index (Phi) is 5.08. The van der Waals surface area contributed by atoms with Gasteiger partial charge < -0.3 is 15.2 Å². The lowest BCUT2D eigenvalue weighted by molar-refractivity contribution is -0.144. The number of nitrogens with two attached hydrogens (primary N) is 1. The minimum atomic E-state index is -0.311. The highest BCUT2D eigenvalue weighted by Crippen LogP contribution is 2.25. The van der Waals surface area contributed by atoms with Gasteiger partial charge in [-0.2, -0.15) is 0 Å². The van der Waals surface area contributed by atoms with E-state index >= 15 is 0 Å². The molecule has 2 N–H and O–H groups in total. The summed E-state index contributed by atoms with van der Waals surface area (Å²) in [6.45, 7) is 0.491. The van der Waals surface area contributed by atoms with Crippen molar-refractivity contribution in [3.63, 3.8) is 0 Å². The molecule has 0 fully saturated rings. The molecule has 0 heterocycles. The smallest absolute Gasteiger partial charge is 0.307 e. The molecule has 0 unspecified atom stereocenters. The lowest BCUT2D eigenvalue weighted by Crippen LogP contribution is -2.11. The van der Waals surface area contributed by atoms with Crippen LogP contribution in [0.5, 0.6) is 5.75 Å². The molecule has 0 aliphatic rings. The second-order valence-electron chi connectivity index (χ2n) is 3.17. The number of hydrogen-bond acceptors (Lipinski definition) is 4. The average Bonchev–Trinajstić information content (AvgIpc) is 2.27. The van der Waals surface area contributed by atoms with Gasteiger partial charge in [-0.3, -0.25) is 4.79 Å². The maximum atomic E-state index is 11.1. The standard InChI is InChI=1S/C11H14ClNO3/c1-15-10-3-2-8(6-9(10)12)7-16-11(14)4-5-13/h2-3,6H,4-5,7,13H2,1H3. The number of carbonyl (C=O) groups is 1. The van der Waals surface area contributed by atoms with Crippen molar-refractivity contribution in [3.8, 4) is 5.75 Å². The number of ether oxygens (including phenoxy) is 2. The molecule has 88 valence electrons. The van der Waals surface area contributed by atoms with Gasteiger partial charge in [0.25, 0.3) is 0 Å². The summed E-state index contributed by atoms with van der Waals surface area (Å²) in [4.78, 5) is 11.1. The summed E-state index contributed by atoms with van der Waals surface area (Å²) in [5, 5.41) is 0.495. The zero-order valence-corrected chi connectivity index (χ0v) is 9.79. The highest BCUT2D eigenvalue weighted by Gasteiger charge is 2.04. The first-order chi connectivity index (χ1) is 7.67. The third-order valence-corrected chi connectivity index (χ3v) is 2.26. The summed E-state index contributed by atoms with van der Waals surface area (Å²) in [6.07, 6.45) is 0.226. The molecule has 1 aromatic carbocycles. The number of methoxy groups -OCH3 is 1. The van der Waals surface area contributed by atoms with Gasteiger partial charge in [0.2, 0.25) is 0 Å². The van der Waals surface area contributed by atoms with E-state index in [4.69, 9.17) is 26.8 Å². The number of hydrogen-bond donors (Lipinski definition) is 1. The van der Waals surface area contributed by atoms with E-state index in [0.29, 0.717) is 17.3 Å². The molecular formula is C11H14ClNO3. The number of esters is 1. The molecule has 0 saturated carbocycles. The third-order valence-electron chi connectivity index (χ3n) is 1.96. The van der Waals surface area contributed by atoms with Gasteiger partial charge in [-0.05, 0) is 17.7 Å². The zero-order valence-electron chi connectivity index (χ0n) is 9.03. The van der Waals surface area contributed by atoms with Gasteiger partial charge in [-0.25, -0.2) is 0 Å². The number of benzene rings is 1. The highest BCUT2D eigenvalue weighted by atomic mass is 35.5. The van der Waals surface area contributed by atoms with Crippen molar-refractivity contribution in [2.45, 2.75) is 13.0 Å². The predicted molar refractivity (Wildman–Crippen MR) is 61.5 cm³/mol. The molecule has 0 aliphatic carbocycles. The van der Waals surface area contributed by atoms with Gasteiger partial charge in [0.15, 0.2) is 0 Å². The van der Waals surface area contributed by atoms with Crippen LogP contribution in [0.15, 0.2) is 18.2 Å². The van der Waals surface area contributed by atoms with Crippen LogP contribution < -0.4 is 10.5 Å². The molecule has 1 rings (SSSR count). The minimum Gasteiger partial charge on any atom is -0.495 e. The maximum Gasteiger partial charge on any atom is 0.307 e. The van der Waals surface area contributed by atoms with Crippen molar-refractivity contribution in [1.29, 1.82) is 0 Å². The summed E-state index contributed by atoms with van der Waals surface area (Å²) in [7, 11) is 1.54. The molecular weight excluding hydrogens is 230 g/mol. The predicted octanol–water partition coefficient (Wildman–Crippen LogP) is 1.74. The van der Waals surface area contributed by atoms with Gasteiger partial charge in [0, 0.05) is 6.54 Å². The van der Waals surface area contributed by atoms with Crippen molar-refractivity contribution in [3.05, 3.63) is 28.8 Å². The number of carbonyl (C=O) groups excluding carboxylic acids is 1. The van der Waals surface area contributed by atoms with Crippen LogP contribution in [-0.2, 0) is 16.1 Å². The first-order valence-electron chi connectivity index (χ1n) is 4.85. The molecule has 1 aromatic rings. The number of rotatable bonds is 5. The van der Waals surface area contributed by atoms with Gasteiger partial charge >= 0.3 is 5.97 Å². The minimum absolute atomic E-state index is 0.197. The molecule has 16 heavy (non-hydrogen) atoms. The number of halogens is 1. The van der Waals surface area contributed by atoms with Crippen molar-refractivity contribution in [2.24, 2.45) is 5.73 Å². The normalized spacial score (nSPS) is 9.94. The first kappa shape index (κ1) is 12.8. The second-order valence-corrected chi connectivity index (χ2v) is 3.58. The topological polar surface area (TPSA) is 61.5 Å². The third kappa shape index (κ3) is 3.72. The SMILES string of the molecule is COc1ccc(COC(=O)CCN)cc1Cl. The lowest BCUT2D eigenvalue weighted by atomic mass is 10.2. The van der Waals surface area contributed by atoms with Crippen LogP contribution in [0.25, 0.3) is 0 Å². The molecule has 5 heteroatoms. The maximum absolute atomic E-state index is 11.1. The van der Waals surface area contributed by atoms with Crippen LogP contribution in [0, 0.1) is 0 Å². The highest BCUT2D eigenvalue weighted by molar-refractivity contribution is 6.32. The summed E-state index contributed by atoms with van der Waals surface area (Å²) in [6, 6.07) is 5.23. The van der Waals surface area contributed by atoms with Gasteiger partial charge in [-0.1, -0.05) is 17.7 Å². The van der Waals surface area contributed by atoms with Gasteiger partial charge in [-0.15, -0.1) is 0 Å². The van der Waals surface area contributed by atoms with Crippen molar-refractivity contribution < 1.29 is 14.3 Å². The average molecular weight is 244 g/mol. The monoisotopic (exact) mass is 243 g/mol. The Labute approximate surface area is 99.3 Å². The summed E-state index contributed by atoms with van der Waals surface area (Å²) in [5.41, 5.74) is 6.04. The van der Waals surface area contributed by atoms with Gasteiger partial charge in [0.05, 0.1) is 18.6 Å². The van der Waals surface area contributed by atoms with E-state index in [1.165, 1.54) is 0 Å². The van der Waals surface area contributed by atoms with E-state index in [1.54, 1.807) is 25.3 Å². The lowest BCUT2D eigenvalue weighted by Gasteiger charge is -2.07. The summed E-state index contributed by atoms with van der Waals surface area (Å²) < 4.78 is 9.99. The quantitative estimate of drug-likeness (QED) is 0.801. The Morgan fingerprint density at radius 2 is 2.25 bits per heavy atom. The van der Waals surface area contributed by atoms with Crippen molar-refractivity contribution >= 4 is 17.6 Å². The van der Waals surface area contributed by atoms with Crippen LogP contribution in [-0.4, -0.2) is 19.6 Å². The van der Waals surface area contributed by atoms with Crippen LogP contribution in [0.4, 0.5) is 0 Å². The fraction of sp³-hybridized carbons (Fsp3) is 0.364. The Bertz CT molecular complexity index is 368. The van der Waals surface area contributed by atoms with E-state index < -0.39 is 0 Å². The van der Waals surface area contributed by atoms with Crippen molar-refractivity contribution in [1.82, 2.24) is 0 Å². The molecule has 0 radical (unpaired) electrons. The van der Waals surface area contributed by atoms with E-state index in [0.717, 1.165) is 5.56 Å². The molecule has 4 nitrogen and oxygen atoms in total. The summed E-state index contributed by atoms with van der Waals surface area (Å²) >= 11 is 5.92. The van der Waals surface area contributed by atoms with E-state index in [1.807, 2.05) is 0 Å². The summed E-state index contributed by atoms with van der Waals surface area (Å²) in [5.74, 6) is 0.285. The van der Waals surface area contributed by atoms with E-state index in [9.17, 15) is 4.79 Å². The molecule has 0 bridgehead atoms. The van der Waals surface area contributed by atoms with E-state index in [-0.39, 0.29) is 19.0 Å². The Morgan fingerprint density at radius 1 is 1.50 bits per heavy atom. The molecule has 0 atom stereocenters. The fourth-order valence-corrected chi connectivity index (χ4v) is 1.43. The molecule has 0 aromatic heterocycles. The second kappa shape index (κ2) is 6.35. The molecule has 0 saturated heterocycles. The molecule has 0 amide bonds. The van der Waals surface area contributed by atoms with E-state index in [2.05, 4.69) is 0 Å². The first-order valence-corrected chi connectivity index (χ1v) is 5.23. The Balaban J connectivity index is 2.55.